The topological polar surface area (TPSA) is 47.6 Å². The van der Waals surface area contributed by atoms with E-state index in [1.807, 2.05) is 78.9 Å². The van der Waals surface area contributed by atoms with Gasteiger partial charge < -0.3 is 14.8 Å². The normalized spacial score (nSPS) is 10.5. The summed E-state index contributed by atoms with van der Waals surface area (Å²) in [4.78, 5) is 12.8. The first kappa shape index (κ1) is 22.6. The first-order valence-electron chi connectivity index (χ1n) is 10.7. The zero-order valence-corrected chi connectivity index (χ0v) is 19.6. The van der Waals surface area contributed by atoms with E-state index >= 15 is 0 Å². The molecule has 0 heterocycles. The van der Waals surface area contributed by atoms with Gasteiger partial charge in [-0.15, -0.1) is 0 Å². The summed E-state index contributed by atoms with van der Waals surface area (Å²) in [6.07, 6.45) is 0.818. The molecular weight excluding hydrogens is 478 g/mol. The van der Waals surface area contributed by atoms with Crippen molar-refractivity contribution in [1.29, 1.82) is 0 Å². The third kappa shape index (κ3) is 6.70. The van der Waals surface area contributed by atoms with E-state index in [9.17, 15) is 4.79 Å². The second-order valence-corrected chi connectivity index (χ2v) is 8.34. The lowest BCUT2D eigenvalue weighted by Crippen LogP contribution is -2.12. The van der Waals surface area contributed by atoms with Gasteiger partial charge in [-0.05, 0) is 57.4 Å². The molecule has 0 atom stereocenters. The number of ether oxygens (including phenoxy) is 2. The third-order valence-corrected chi connectivity index (χ3v) is 5.65. The minimum atomic E-state index is -0.202. The summed E-state index contributed by atoms with van der Waals surface area (Å²) in [7, 11) is 0. The van der Waals surface area contributed by atoms with Crippen LogP contribution < -0.4 is 14.8 Å². The molecule has 4 aromatic carbocycles. The standard InChI is InChI=1S/C28H24BrNO3/c29-26-18-23(14-15-27(26)32-17-16-21-8-3-1-4-9-21)28(31)30-24-12-7-13-25(19-24)33-20-22-10-5-2-6-11-22/h1-15,18-19H,16-17,20H2,(H,30,31). The molecule has 33 heavy (non-hydrogen) atoms. The minimum Gasteiger partial charge on any atom is -0.492 e. The molecule has 0 unspecified atom stereocenters. The lowest BCUT2D eigenvalue weighted by molar-refractivity contribution is 0.102. The molecule has 0 fully saturated rings. The number of carbonyl (C=O) groups is 1. The zero-order chi connectivity index (χ0) is 22.9. The van der Waals surface area contributed by atoms with Crippen LogP contribution in [0.25, 0.3) is 0 Å². The highest BCUT2D eigenvalue weighted by molar-refractivity contribution is 9.10. The number of carbonyl (C=O) groups excluding carboxylic acids is 1. The Morgan fingerprint density at radius 2 is 1.48 bits per heavy atom. The molecule has 4 aromatic rings. The second-order valence-electron chi connectivity index (χ2n) is 7.49. The molecule has 0 saturated heterocycles. The van der Waals surface area contributed by atoms with Crippen molar-refractivity contribution >= 4 is 27.5 Å². The number of rotatable bonds is 9. The number of benzene rings is 4. The summed E-state index contributed by atoms with van der Waals surface area (Å²) in [5.74, 6) is 1.20. The molecule has 4 nitrogen and oxygen atoms in total. The van der Waals surface area contributed by atoms with Gasteiger partial charge in [0.15, 0.2) is 0 Å². The first-order valence-corrected chi connectivity index (χ1v) is 11.5. The highest BCUT2D eigenvalue weighted by Gasteiger charge is 2.10. The average molecular weight is 502 g/mol. The second kappa shape index (κ2) is 11.3. The van der Waals surface area contributed by atoms with Crippen LogP contribution >= 0.6 is 15.9 Å². The third-order valence-electron chi connectivity index (χ3n) is 5.03. The van der Waals surface area contributed by atoms with Gasteiger partial charge in [-0.25, -0.2) is 0 Å². The van der Waals surface area contributed by atoms with Crippen molar-refractivity contribution in [3.05, 3.63) is 124 Å². The Balaban J connectivity index is 1.33. The van der Waals surface area contributed by atoms with Crippen molar-refractivity contribution in [2.75, 3.05) is 11.9 Å². The smallest absolute Gasteiger partial charge is 0.255 e. The minimum absolute atomic E-state index is 0.202. The first-order chi connectivity index (χ1) is 16.2. The molecule has 0 spiro atoms. The Morgan fingerprint density at radius 1 is 0.758 bits per heavy atom. The van der Waals surface area contributed by atoms with Gasteiger partial charge in [0.25, 0.3) is 5.91 Å². The van der Waals surface area contributed by atoms with Crippen LogP contribution in [0.4, 0.5) is 5.69 Å². The van der Waals surface area contributed by atoms with Gasteiger partial charge in [-0.1, -0.05) is 66.7 Å². The van der Waals surface area contributed by atoms with E-state index in [0.717, 1.165) is 16.5 Å². The van der Waals surface area contributed by atoms with Gasteiger partial charge in [-0.3, -0.25) is 4.79 Å². The number of amides is 1. The van der Waals surface area contributed by atoms with Crippen LogP contribution in [-0.4, -0.2) is 12.5 Å². The van der Waals surface area contributed by atoms with Crippen molar-refractivity contribution in [2.24, 2.45) is 0 Å². The van der Waals surface area contributed by atoms with Crippen molar-refractivity contribution in [3.63, 3.8) is 0 Å². The number of halogens is 1. The molecular formula is C28H24BrNO3. The van der Waals surface area contributed by atoms with E-state index in [-0.39, 0.29) is 5.91 Å². The van der Waals surface area contributed by atoms with Gasteiger partial charge in [0.1, 0.15) is 18.1 Å². The lowest BCUT2D eigenvalue weighted by Gasteiger charge is -2.11. The fourth-order valence-electron chi connectivity index (χ4n) is 3.29. The summed E-state index contributed by atoms with van der Waals surface area (Å²) in [5, 5.41) is 2.93. The van der Waals surface area contributed by atoms with Crippen molar-refractivity contribution in [1.82, 2.24) is 0 Å². The van der Waals surface area contributed by atoms with Gasteiger partial charge in [-0.2, -0.15) is 0 Å². The van der Waals surface area contributed by atoms with E-state index in [2.05, 4.69) is 33.4 Å². The molecule has 1 N–H and O–H groups in total. The van der Waals surface area contributed by atoms with E-state index in [4.69, 9.17) is 9.47 Å². The van der Waals surface area contributed by atoms with Gasteiger partial charge >= 0.3 is 0 Å². The van der Waals surface area contributed by atoms with Crippen molar-refractivity contribution in [3.8, 4) is 11.5 Å². The van der Waals surface area contributed by atoms with E-state index in [0.29, 0.717) is 36.0 Å². The predicted molar refractivity (Wildman–Crippen MR) is 135 cm³/mol. The van der Waals surface area contributed by atoms with Crippen LogP contribution in [0.5, 0.6) is 11.5 Å². The molecule has 0 aromatic heterocycles. The van der Waals surface area contributed by atoms with Gasteiger partial charge in [0.2, 0.25) is 0 Å². The number of anilines is 1. The summed E-state index contributed by atoms with van der Waals surface area (Å²) in [6.45, 7) is 1.03. The van der Waals surface area contributed by atoms with Gasteiger partial charge in [0, 0.05) is 23.7 Å². The molecule has 166 valence electrons. The fourth-order valence-corrected chi connectivity index (χ4v) is 3.78. The maximum atomic E-state index is 12.8. The molecule has 0 aliphatic heterocycles. The highest BCUT2D eigenvalue weighted by Crippen LogP contribution is 2.27. The number of nitrogens with one attached hydrogen (secondary N) is 1. The maximum absolute atomic E-state index is 12.8. The van der Waals surface area contributed by atoms with E-state index in [1.165, 1.54) is 5.56 Å². The highest BCUT2D eigenvalue weighted by atomic mass is 79.9. The summed E-state index contributed by atoms with van der Waals surface area (Å²) in [5.41, 5.74) is 3.51. The number of hydrogen-bond donors (Lipinski definition) is 1. The molecule has 0 bridgehead atoms. The fraction of sp³-hybridized carbons (Fsp3) is 0.107. The van der Waals surface area contributed by atoms with Crippen molar-refractivity contribution < 1.29 is 14.3 Å². The SMILES string of the molecule is O=C(Nc1cccc(OCc2ccccc2)c1)c1ccc(OCCc2ccccc2)c(Br)c1. The molecule has 4 rings (SSSR count). The summed E-state index contributed by atoms with van der Waals surface area (Å²) >= 11 is 3.52. The molecule has 0 aliphatic rings. The molecule has 0 saturated carbocycles. The van der Waals surface area contributed by atoms with Crippen LogP contribution in [0.1, 0.15) is 21.5 Å². The van der Waals surface area contributed by atoms with E-state index < -0.39 is 0 Å². The summed E-state index contributed by atoms with van der Waals surface area (Å²) < 4.78 is 12.5. The van der Waals surface area contributed by atoms with Crippen molar-refractivity contribution in [2.45, 2.75) is 13.0 Å². The maximum Gasteiger partial charge on any atom is 0.255 e. The van der Waals surface area contributed by atoms with Crippen LogP contribution in [0, 0.1) is 0 Å². The predicted octanol–water partition coefficient (Wildman–Crippen LogP) is 6.90. The Hall–Kier alpha value is -3.57. The average Bonchev–Trinajstić information content (AvgIpc) is 2.85. The van der Waals surface area contributed by atoms with Crippen LogP contribution in [0.2, 0.25) is 0 Å². The number of hydrogen-bond acceptors (Lipinski definition) is 3. The Morgan fingerprint density at radius 3 is 2.21 bits per heavy atom. The molecule has 5 heteroatoms. The molecule has 1 amide bonds. The van der Waals surface area contributed by atoms with Crippen LogP contribution in [0.15, 0.2) is 108 Å². The van der Waals surface area contributed by atoms with Crippen LogP contribution in [0.3, 0.4) is 0 Å². The lowest BCUT2D eigenvalue weighted by atomic mass is 10.1. The molecule has 0 aliphatic carbocycles. The zero-order valence-electron chi connectivity index (χ0n) is 18.0. The van der Waals surface area contributed by atoms with Crippen LogP contribution in [-0.2, 0) is 13.0 Å². The monoisotopic (exact) mass is 501 g/mol. The quantitative estimate of drug-likeness (QED) is 0.271. The van der Waals surface area contributed by atoms with E-state index in [1.54, 1.807) is 12.1 Å². The molecule has 0 radical (unpaired) electrons. The Labute approximate surface area is 202 Å². The Kier molecular flexibility index (Phi) is 7.77. The Bertz CT molecular complexity index is 1200. The summed E-state index contributed by atoms with van der Waals surface area (Å²) in [6, 6.07) is 32.9. The van der Waals surface area contributed by atoms with Gasteiger partial charge in [0.05, 0.1) is 11.1 Å². The largest absolute Gasteiger partial charge is 0.492 e.